The summed E-state index contributed by atoms with van der Waals surface area (Å²) in [5.41, 5.74) is 0.663. The van der Waals surface area contributed by atoms with Crippen molar-refractivity contribution in [2.75, 3.05) is 5.32 Å². The van der Waals surface area contributed by atoms with E-state index in [-0.39, 0.29) is 17.9 Å². The van der Waals surface area contributed by atoms with Crippen LogP contribution in [0.25, 0.3) is 0 Å². The highest BCUT2D eigenvalue weighted by Crippen LogP contribution is 2.31. The van der Waals surface area contributed by atoms with Crippen molar-refractivity contribution in [1.29, 1.82) is 0 Å². The van der Waals surface area contributed by atoms with Gasteiger partial charge in [-0.25, -0.2) is 0 Å². The molecule has 2 saturated heterocycles. The van der Waals surface area contributed by atoms with Crippen molar-refractivity contribution in [3.63, 3.8) is 0 Å². The third-order valence-corrected chi connectivity index (χ3v) is 5.76. The number of furan rings is 1. The molecular formula is C19H21N3O3S. The number of nitrogens with one attached hydrogen (secondary N) is 3. The van der Waals surface area contributed by atoms with Crippen molar-refractivity contribution >= 4 is 29.5 Å². The normalized spacial score (nSPS) is 23.8. The van der Waals surface area contributed by atoms with Crippen LogP contribution in [0.15, 0.2) is 50.8 Å². The molecule has 7 heteroatoms. The molecule has 2 bridgehead atoms. The number of rotatable bonds is 5. The fraction of sp³-hybridized carbons (Fsp3) is 0.368. The van der Waals surface area contributed by atoms with Crippen LogP contribution in [-0.4, -0.2) is 29.9 Å². The molecule has 0 aliphatic carbocycles. The second-order valence-electron chi connectivity index (χ2n) is 6.79. The lowest BCUT2D eigenvalue weighted by Gasteiger charge is -2.21. The van der Waals surface area contributed by atoms with Crippen LogP contribution in [0, 0.1) is 0 Å². The number of hydrogen-bond acceptors (Lipinski definition) is 5. The first kappa shape index (κ1) is 17.2. The number of amides is 2. The molecule has 2 aliphatic rings. The van der Waals surface area contributed by atoms with E-state index in [1.807, 2.05) is 24.3 Å². The minimum absolute atomic E-state index is 0.0214. The van der Waals surface area contributed by atoms with Gasteiger partial charge in [-0.05, 0) is 49.6 Å². The lowest BCUT2D eigenvalue weighted by Crippen LogP contribution is -2.42. The molecule has 3 N–H and O–H groups in total. The van der Waals surface area contributed by atoms with Crippen LogP contribution in [0.4, 0.5) is 5.88 Å². The van der Waals surface area contributed by atoms with Crippen molar-refractivity contribution in [2.24, 2.45) is 0 Å². The molecule has 3 atom stereocenters. The highest BCUT2D eigenvalue weighted by molar-refractivity contribution is 7.99. The third kappa shape index (κ3) is 3.78. The lowest BCUT2D eigenvalue weighted by molar-refractivity contribution is -0.114. The largest absolute Gasteiger partial charge is 0.434 e. The Labute approximate surface area is 156 Å². The molecule has 2 amide bonds. The predicted molar refractivity (Wildman–Crippen MR) is 99.4 cm³/mol. The topological polar surface area (TPSA) is 83.4 Å². The number of anilines is 1. The van der Waals surface area contributed by atoms with E-state index >= 15 is 0 Å². The maximum absolute atomic E-state index is 12.4. The number of fused-ring (bicyclic) bond motifs is 2. The summed E-state index contributed by atoms with van der Waals surface area (Å²) >= 11 is 1.44. The molecule has 3 heterocycles. The molecule has 0 spiro atoms. The summed E-state index contributed by atoms with van der Waals surface area (Å²) < 4.78 is 5.54. The number of benzene rings is 1. The number of carbonyl (C=O) groups excluding carboxylic acids is 2. The number of carbonyl (C=O) groups is 2. The van der Waals surface area contributed by atoms with Gasteiger partial charge in [0.25, 0.3) is 5.91 Å². The van der Waals surface area contributed by atoms with Gasteiger partial charge in [0, 0.05) is 41.6 Å². The van der Waals surface area contributed by atoms with E-state index in [1.54, 1.807) is 12.1 Å². The highest BCUT2D eigenvalue weighted by atomic mass is 32.2. The minimum atomic E-state index is -0.169. The van der Waals surface area contributed by atoms with Gasteiger partial charge in [0.15, 0.2) is 5.09 Å². The van der Waals surface area contributed by atoms with E-state index in [0.717, 1.165) is 17.7 Å². The zero-order valence-electron chi connectivity index (χ0n) is 14.5. The van der Waals surface area contributed by atoms with Crippen molar-refractivity contribution in [2.45, 2.75) is 54.3 Å². The first-order chi connectivity index (χ1) is 12.6. The van der Waals surface area contributed by atoms with Crippen molar-refractivity contribution in [3.05, 3.63) is 42.0 Å². The smallest absolute Gasteiger partial charge is 0.251 e. The quantitative estimate of drug-likeness (QED) is 0.752. The molecule has 2 aliphatic heterocycles. The Morgan fingerprint density at radius 3 is 2.62 bits per heavy atom. The Morgan fingerprint density at radius 1 is 1.15 bits per heavy atom. The number of hydrogen-bond donors (Lipinski definition) is 3. The molecule has 4 rings (SSSR count). The summed E-state index contributed by atoms with van der Waals surface area (Å²) in [5, 5.41) is 9.96. The maximum atomic E-state index is 12.4. The molecule has 6 nitrogen and oxygen atoms in total. The average Bonchev–Trinajstić information content (AvgIpc) is 3.32. The van der Waals surface area contributed by atoms with Crippen LogP contribution in [0.2, 0.25) is 0 Å². The Bertz CT molecular complexity index is 818. The van der Waals surface area contributed by atoms with Crippen LogP contribution in [0.3, 0.4) is 0 Å². The van der Waals surface area contributed by atoms with Gasteiger partial charge in [-0.3, -0.25) is 14.9 Å². The first-order valence-electron chi connectivity index (χ1n) is 8.79. The SMILES string of the molecule is CC(=O)Nc1ccc(Sc2ccc(C(=O)N[C@@H]3C[C@H]4CC[C@@H]3N4)cc2)o1. The van der Waals surface area contributed by atoms with E-state index in [1.165, 1.54) is 25.1 Å². The van der Waals surface area contributed by atoms with Gasteiger partial charge in [-0.2, -0.15) is 0 Å². The van der Waals surface area contributed by atoms with Crippen LogP contribution in [0.5, 0.6) is 0 Å². The minimum Gasteiger partial charge on any atom is -0.434 e. The van der Waals surface area contributed by atoms with E-state index in [2.05, 4.69) is 16.0 Å². The summed E-state index contributed by atoms with van der Waals surface area (Å²) in [6.45, 7) is 1.44. The molecule has 1 aromatic heterocycles. The van der Waals surface area contributed by atoms with Gasteiger partial charge < -0.3 is 15.1 Å². The zero-order valence-corrected chi connectivity index (χ0v) is 15.3. The Kier molecular flexibility index (Phi) is 4.74. The van der Waals surface area contributed by atoms with E-state index < -0.39 is 0 Å². The molecule has 0 radical (unpaired) electrons. The lowest BCUT2D eigenvalue weighted by atomic mass is 9.95. The Hall–Kier alpha value is -2.25. The van der Waals surface area contributed by atoms with Crippen LogP contribution in [-0.2, 0) is 4.79 Å². The van der Waals surface area contributed by atoms with Gasteiger partial charge in [0.2, 0.25) is 11.8 Å². The van der Waals surface area contributed by atoms with Crippen LogP contribution >= 0.6 is 11.8 Å². The summed E-state index contributed by atoms with van der Waals surface area (Å²) in [5.74, 6) is 0.235. The molecule has 26 heavy (non-hydrogen) atoms. The molecule has 2 fully saturated rings. The second-order valence-corrected chi connectivity index (χ2v) is 7.87. The van der Waals surface area contributed by atoms with E-state index in [9.17, 15) is 9.59 Å². The van der Waals surface area contributed by atoms with Crippen LogP contribution < -0.4 is 16.0 Å². The zero-order chi connectivity index (χ0) is 18.1. The van der Waals surface area contributed by atoms with Crippen LogP contribution in [0.1, 0.15) is 36.5 Å². The highest BCUT2D eigenvalue weighted by Gasteiger charge is 2.39. The van der Waals surface area contributed by atoms with Crippen molar-refractivity contribution in [3.8, 4) is 0 Å². The first-order valence-corrected chi connectivity index (χ1v) is 9.61. The summed E-state index contributed by atoms with van der Waals surface area (Å²) in [6, 6.07) is 12.2. The fourth-order valence-electron chi connectivity index (χ4n) is 3.64. The van der Waals surface area contributed by atoms with Gasteiger partial charge in [-0.15, -0.1) is 0 Å². The summed E-state index contributed by atoms with van der Waals surface area (Å²) in [6.07, 6.45) is 3.40. The maximum Gasteiger partial charge on any atom is 0.251 e. The fourth-order valence-corrected chi connectivity index (χ4v) is 4.41. The molecule has 0 saturated carbocycles. The molecule has 0 unspecified atom stereocenters. The summed E-state index contributed by atoms with van der Waals surface area (Å²) in [4.78, 5) is 24.4. The van der Waals surface area contributed by atoms with Gasteiger partial charge in [0.1, 0.15) is 0 Å². The molecule has 2 aromatic rings. The third-order valence-electron chi connectivity index (χ3n) is 4.83. The van der Waals surface area contributed by atoms with Gasteiger partial charge >= 0.3 is 0 Å². The van der Waals surface area contributed by atoms with Crippen molar-refractivity contribution in [1.82, 2.24) is 10.6 Å². The Balaban J connectivity index is 1.35. The van der Waals surface area contributed by atoms with Gasteiger partial charge in [-0.1, -0.05) is 11.8 Å². The van der Waals surface area contributed by atoms with Crippen molar-refractivity contribution < 1.29 is 14.0 Å². The predicted octanol–water partition coefficient (Wildman–Crippen LogP) is 3.01. The standard InChI is InChI=1S/C19H21N3O3S/c1-11(23)20-17-8-9-18(25-17)26-14-5-2-12(3-6-14)19(24)22-16-10-13-4-7-15(16)21-13/h2-3,5-6,8-9,13,15-16,21H,4,7,10H2,1H3,(H,20,23)(H,22,24)/t13-,15+,16-/m1/s1. The molecule has 1 aromatic carbocycles. The van der Waals surface area contributed by atoms with E-state index in [0.29, 0.717) is 28.6 Å². The Morgan fingerprint density at radius 2 is 1.96 bits per heavy atom. The monoisotopic (exact) mass is 371 g/mol. The summed E-state index contributed by atoms with van der Waals surface area (Å²) in [7, 11) is 0. The molecule has 136 valence electrons. The average molecular weight is 371 g/mol. The van der Waals surface area contributed by atoms with Gasteiger partial charge in [0.05, 0.1) is 0 Å². The molecular weight excluding hydrogens is 350 g/mol. The second kappa shape index (κ2) is 7.17. The van der Waals surface area contributed by atoms with E-state index in [4.69, 9.17) is 4.42 Å².